The van der Waals surface area contributed by atoms with Gasteiger partial charge in [0.25, 0.3) is 0 Å². The van der Waals surface area contributed by atoms with Crippen LogP contribution in [0.5, 0.6) is 0 Å². The predicted molar refractivity (Wildman–Crippen MR) is 63.7 cm³/mol. The summed E-state index contributed by atoms with van der Waals surface area (Å²) in [6.07, 6.45) is 0.341. The van der Waals surface area contributed by atoms with Crippen LogP contribution in [-0.4, -0.2) is 42.8 Å². The van der Waals surface area contributed by atoms with Crippen LogP contribution in [0.2, 0.25) is 0 Å². The maximum atomic E-state index is 11.4. The van der Waals surface area contributed by atoms with E-state index in [1.165, 1.54) is 6.92 Å². The third-order valence-corrected chi connectivity index (χ3v) is 4.62. The van der Waals surface area contributed by atoms with Crippen molar-refractivity contribution < 1.29 is 18.0 Å². The molecule has 0 spiro atoms. The molecular weight excluding hydrogens is 268 g/mol. The molecule has 8 heteroatoms. The fourth-order valence-electron chi connectivity index (χ4n) is 1.63. The number of amides is 3. The molecule has 2 N–H and O–H groups in total. The number of urea groups is 1. The summed E-state index contributed by atoms with van der Waals surface area (Å²) in [4.78, 5) is 22.6. The predicted octanol–water partition coefficient (Wildman–Crippen LogP) is 0.0167. The average molecular weight is 283 g/mol. The van der Waals surface area contributed by atoms with Crippen LogP contribution in [0.25, 0.3) is 0 Å². The molecule has 0 aliphatic carbocycles. The first-order valence-corrected chi connectivity index (χ1v) is 7.37. The van der Waals surface area contributed by atoms with Gasteiger partial charge in [0.1, 0.15) is 5.38 Å². The molecule has 2 unspecified atom stereocenters. The minimum absolute atomic E-state index is 0.0453. The molecule has 1 fully saturated rings. The van der Waals surface area contributed by atoms with Crippen molar-refractivity contribution in [3.05, 3.63) is 0 Å². The van der Waals surface area contributed by atoms with Crippen LogP contribution in [0.3, 0.4) is 0 Å². The fourth-order valence-corrected chi connectivity index (χ4v) is 3.77. The summed E-state index contributed by atoms with van der Waals surface area (Å²) >= 11 is 5.48. The van der Waals surface area contributed by atoms with Gasteiger partial charge in [-0.25, -0.2) is 13.2 Å². The second kappa shape index (κ2) is 4.81. The molecular formula is C9H15ClN2O4S. The highest BCUT2D eigenvalue weighted by molar-refractivity contribution is 7.91. The van der Waals surface area contributed by atoms with Gasteiger partial charge in [-0.1, -0.05) is 0 Å². The van der Waals surface area contributed by atoms with Crippen molar-refractivity contribution >= 4 is 33.4 Å². The normalized spacial score (nSPS) is 28.4. The number of hydrogen-bond acceptors (Lipinski definition) is 4. The fraction of sp³-hybridized carbons (Fsp3) is 0.778. The van der Waals surface area contributed by atoms with Crippen LogP contribution in [0.1, 0.15) is 20.3 Å². The van der Waals surface area contributed by atoms with Crippen LogP contribution < -0.4 is 10.6 Å². The van der Waals surface area contributed by atoms with Crippen molar-refractivity contribution in [2.24, 2.45) is 0 Å². The van der Waals surface area contributed by atoms with Crippen LogP contribution in [0, 0.1) is 0 Å². The van der Waals surface area contributed by atoms with E-state index < -0.39 is 32.7 Å². The van der Waals surface area contributed by atoms with E-state index in [1.54, 1.807) is 6.92 Å². The summed E-state index contributed by atoms with van der Waals surface area (Å²) in [6.45, 7) is 3.07. The monoisotopic (exact) mass is 282 g/mol. The molecule has 0 saturated carbocycles. The number of carbonyl (C=O) groups excluding carboxylic acids is 2. The molecule has 1 aliphatic heterocycles. The lowest BCUT2D eigenvalue weighted by atomic mass is 10.0. The average Bonchev–Trinajstić information content (AvgIpc) is 2.39. The summed E-state index contributed by atoms with van der Waals surface area (Å²) in [5.41, 5.74) is -0.821. The number of hydrogen-bond donors (Lipinski definition) is 2. The number of halogens is 1. The van der Waals surface area contributed by atoms with Crippen LogP contribution in [0.4, 0.5) is 4.79 Å². The van der Waals surface area contributed by atoms with Gasteiger partial charge in [0.2, 0.25) is 5.91 Å². The lowest BCUT2D eigenvalue weighted by molar-refractivity contribution is -0.119. The number of imide groups is 1. The molecule has 0 bridgehead atoms. The highest BCUT2D eigenvalue weighted by Gasteiger charge is 2.39. The Balaban J connectivity index is 2.55. The number of nitrogens with one attached hydrogen (secondary N) is 2. The largest absolute Gasteiger partial charge is 0.332 e. The van der Waals surface area contributed by atoms with E-state index in [0.29, 0.717) is 6.42 Å². The van der Waals surface area contributed by atoms with Crippen molar-refractivity contribution in [3.63, 3.8) is 0 Å². The van der Waals surface area contributed by atoms with E-state index in [9.17, 15) is 18.0 Å². The van der Waals surface area contributed by atoms with Crippen LogP contribution >= 0.6 is 11.6 Å². The minimum Gasteiger partial charge on any atom is -0.332 e. The molecule has 0 radical (unpaired) electrons. The molecule has 17 heavy (non-hydrogen) atoms. The van der Waals surface area contributed by atoms with E-state index in [-0.39, 0.29) is 11.5 Å². The Morgan fingerprint density at radius 1 is 1.41 bits per heavy atom. The Labute approximate surface area is 105 Å². The van der Waals surface area contributed by atoms with Crippen molar-refractivity contribution in [2.45, 2.75) is 31.2 Å². The van der Waals surface area contributed by atoms with E-state index in [4.69, 9.17) is 11.6 Å². The van der Waals surface area contributed by atoms with Gasteiger partial charge >= 0.3 is 6.03 Å². The first kappa shape index (κ1) is 14.2. The van der Waals surface area contributed by atoms with Crippen LogP contribution in [0.15, 0.2) is 0 Å². The van der Waals surface area contributed by atoms with Crippen molar-refractivity contribution in [3.8, 4) is 0 Å². The zero-order chi connectivity index (χ0) is 13.3. The maximum Gasteiger partial charge on any atom is 0.321 e. The molecule has 3 amide bonds. The molecule has 1 heterocycles. The number of sulfone groups is 1. The van der Waals surface area contributed by atoms with Gasteiger partial charge in [-0.05, 0) is 20.3 Å². The molecule has 98 valence electrons. The molecule has 6 nitrogen and oxygen atoms in total. The zero-order valence-corrected chi connectivity index (χ0v) is 11.2. The second-order valence-corrected chi connectivity index (χ2v) is 7.30. The van der Waals surface area contributed by atoms with Crippen molar-refractivity contribution in [2.75, 3.05) is 11.5 Å². The number of carbonyl (C=O) groups is 2. The Morgan fingerprint density at radius 3 is 2.41 bits per heavy atom. The Hall–Kier alpha value is -0.820. The van der Waals surface area contributed by atoms with Gasteiger partial charge in [-0.3, -0.25) is 10.1 Å². The van der Waals surface area contributed by atoms with Gasteiger partial charge in [0.05, 0.1) is 17.0 Å². The van der Waals surface area contributed by atoms with E-state index in [1.807, 2.05) is 5.32 Å². The van der Waals surface area contributed by atoms with Gasteiger partial charge in [0, 0.05) is 0 Å². The highest BCUT2D eigenvalue weighted by atomic mass is 35.5. The Morgan fingerprint density at radius 2 is 2.00 bits per heavy atom. The molecule has 1 saturated heterocycles. The molecule has 0 aromatic rings. The Kier molecular flexibility index (Phi) is 4.03. The lowest BCUT2D eigenvalue weighted by Gasteiger charge is -2.23. The smallest absolute Gasteiger partial charge is 0.321 e. The van der Waals surface area contributed by atoms with E-state index >= 15 is 0 Å². The third-order valence-electron chi connectivity index (χ3n) is 2.52. The molecule has 0 aromatic heterocycles. The summed E-state index contributed by atoms with van der Waals surface area (Å²) in [6, 6.07) is -0.720. The Bertz CT molecular complexity index is 434. The number of rotatable bonds is 2. The van der Waals surface area contributed by atoms with Crippen molar-refractivity contribution in [1.82, 2.24) is 10.6 Å². The summed E-state index contributed by atoms with van der Waals surface area (Å²) in [5.74, 6) is -0.685. The zero-order valence-electron chi connectivity index (χ0n) is 9.62. The summed E-state index contributed by atoms with van der Waals surface area (Å²) in [5, 5.41) is 3.71. The van der Waals surface area contributed by atoms with Gasteiger partial charge in [0.15, 0.2) is 9.84 Å². The molecule has 1 rings (SSSR count). The topological polar surface area (TPSA) is 92.3 Å². The first-order valence-electron chi connectivity index (χ1n) is 5.11. The second-order valence-electron chi connectivity index (χ2n) is 4.46. The van der Waals surface area contributed by atoms with Crippen molar-refractivity contribution in [1.29, 1.82) is 0 Å². The standard InChI is InChI=1S/C9H15ClN2O4S/c1-6(10)7(13)11-8(14)12-9(2)3-4-17(15,16)5-9/h6H,3-5H2,1-2H3,(H2,11,12,13,14). The summed E-state index contributed by atoms with van der Waals surface area (Å²) < 4.78 is 22.6. The quantitative estimate of drug-likeness (QED) is 0.698. The van der Waals surface area contributed by atoms with Gasteiger partial charge < -0.3 is 5.32 Å². The van der Waals surface area contributed by atoms with Gasteiger partial charge in [-0.15, -0.1) is 11.6 Å². The lowest BCUT2D eigenvalue weighted by Crippen LogP contribution is -2.53. The first-order chi connectivity index (χ1) is 7.64. The molecule has 2 atom stereocenters. The minimum atomic E-state index is -3.10. The van der Waals surface area contributed by atoms with E-state index in [0.717, 1.165) is 0 Å². The SMILES string of the molecule is CC(Cl)C(=O)NC(=O)NC1(C)CCS(=O)(=O)C1. The third kappa shape index (κ3) is 4.16. The van der Waals surface area contributed by atoms with Crippen LogP contribution in [-0.2, 0) is 14.6 Å². The van der Waals surface area contributed by atoms with E-state index in [2.05, 4.69) is 5.32 Å². The summed E-state index contributed by atoms with van der Waals surface area (Å²) in [7, 11) is -3.10. The highest BCUT2D eigenvalue weighted by Crippen LogP contribution is 2.22. The molecule has 1 aliphatic rings. The maximum absolute atomic E-state index is 11.4. The molecule has 0 aromatic carbocycles. The number of alkyl halides is 1. The van der Waals surface area contributed by atoms with Gasteiger partial charge in [-0.2, -0.15) is 0 Å².